The summed E-state index contributed by atoms with van der Waals surface area (Å²) >= 11 is 0. The van der Waals surface area contributed by atoms with Crippen molar-refractivity contribution in [3.05, 3.63) is 72.9 Å². The fourth-order valence-corrected chi connectivity index (χ4v) is 2.35. The minimum absolute atomic E-state index is 0.137. The molecule has 0 N–H and O–H groups in total. The molecule has 10 heteroatoms. The van der Waals surface area contributed by atoms with Crippen molar-refractivity contribution in [1.82, 2.24) is 0 Å². The Morgan fingerprint density at radius 3 is 1.26 bits per heavy atom. The summed E-state index contributed by atoms with van der Waals surface area (Å²) in [6.07, 6.45) is -1.83. The van der Waals surface area contributed by atoms with Crippen molar-refractivity contribution in [3.8, 4) is 11.5 Å². The molecule has 0 aromatic heterocycles. The lowest BCUT2D eigenvalue weighted by Gasteiger charge is -2.20. The molecule has 1 rings (SSSR count). The average Bonchev–Trinajstić information content (AvgIpc) is 2.86. The number of hydrogen-bond donors (Lipinski definition) is 0. The van der Waals surface area contributed by atoms with Crippen LogP contribution in [0.1, 0.15) is 27.7 Å². The Morgan fingerprint density at radius 1 is 0.605 bits per heavy atom. The van der Waals surface area contributed by atoms with E-state index in [9.17, 15) is 19.2 Å². The van der Waals surface area contributed by atoms with Gasteiger partial charge in [-0.25, -0.2) is 19.2 Å². The summed E-state index contributed by atoms with van der Waals surface area (Å²) in [5.41, 5.74) is 0.740. The third kappa shape index (κ3) is 12.1. The second kappa shape index (κ2) is 15.7. The first kappa shape index (κ1) is 31.7. The molecule has 2 unspecified atom stereocenters. The average molecular weight is 531 g/mol. The first-order valence-corrected chi connectivity index (χ1v) is 11.5. The van der Waals surface area contributed by atoms with Gasteiger partial charge in [0.05, 0.1) is 0 Å². The summed E-state index contributed by atoms with van der Waals surface area (Å²) < 4.78 is 32.2. The van der Waals surface area contributed by atoms with Gasteiger partial charge in [0.2, 0.25) is 0 Å². The molecule has 38 heavy (non-hydrogen) atoms. The molecule has 0 fully saturated rings. The number of carbonyl (C=O) groups is 4. The summed E-state index contributed by atoms with van der Waals surface area (Å²) in [4.78, 5) is 47.4. The maximum absolute atomic E-state index is 12.0. The fraction of sp³-hybridized carbons (Fsp3) is 0.357. The van der Waals surface area contributed by atoms with E-state index >= 15 is 0 Å². The van der Waals surface area contributed by atoms with Crippen LogP contribution in [0.3, 0.4) is 0 Å². The van der Waals surface area contributed by atoms with E-state index in [2.05, 4.69) is 26.3 Å². The molecular formula is C28H34O10. The Bertz CT molecular complexity index is 1000. The lowest BCUT2D eigenvalue weighted by Crippen LogP contribution is -2.31. The van der Waals surface area contributed by atoms with Crippen molar-refractivity contribution < 1.29 is 47.6 Å². The van der Waals surface area contributed by atoms with Crippen LogP contribution in [0.4, 0.5) is 0 Å². The van der Waals surface area contributed by atoms with Gasteiger partial charge >= 0.3 is 23.9 Å². The summed E-state index contributed by atoms with van der Waals surface area (Å²) in [6, 6.07) is 6.47. The maximum Gasteiger partial charge on any atom is 0.333 e. The molecule has 0 radical (unpaired) electrons. The topological polar surface area (TPSA) is 124 Å². The highest BCUT2D eigenvalue weighted by Gasteiger charge is 2.21. The first-order valence-electron chi connectivity index (χ1n) is 11.5. The molecule has 0 amide bonds. The molecule has 1 aromatic carbocycles. The van der Waals surface area contributed by atoms with E-state index in [1.54, 1.807) is 24.3 Å². The quantitative estimate of drug-likeness (QED) is 0.178. The predicted molar refractivity (Wildman–Crippen MR) is 138 cm³/mol. The van der Waals surface area contributed by atoms with Crippen LogP contribution in [0.2, 0.25) is 0 Å². The van der Waals surface area contributed by atoms with Crippen molar-refractivity contribution >= 4 is 23.9 Å². The van der Waals surface area contributed by atoms with E-state index in [-0.39, 0.29) is 48.7 Å². The Morgan fingerprint density at radius 2 is 0.947 bits per heavy atom. The third-order valence-corrected chi connectivity index (χ3v) is 4.42. The Labute approximate surface area is 222 Å². The number of rotatable bonds is 16. The van der Waals surface area contributed by atoms with E-state index < -0.39 is 36.1 Å². The van der Waals surface area contributed by atoms with Gasteiger partial charge < -0.3 is 28.4 Å². The van der Waals surface area contributed by atoms with E-state index in [1.807, 2.05) is 0 Å². The molecule has 0 aliphatic rings. The van der Waals surface area contributed by atoms with E-state index in [0.29, 0.717) is 11.5 Å². The molecule has 0 saturated carbocycles. The number of benzene rings is 1. The molecule has 0 heterocycles. The van der Waals surface area contributed by atoms with Gasteiger partial charge in [-0.05, 0) is 39.8 Å². The van der Waals surface area contributed by atoms with E-state index in [4.69, 9.17) is 28.4 Å². The minimum Gasteiger partial charge on any atom is -0.489 e. The highest BCUT2D eigenvalue weighted by molar-refractivity contribution is 5.88. The molecule has 10 nitrogen and oxygen atoms in total. The molecular weight excluding hydrogens is 496 g/mol. The van der Waals surface area contributed by atoms with Gasteiger partial charge in [-0.3, -0.25) is 0 Å². The minimum atomic E-state index is -0.916. The van der Waals surface area contributed by atoms with Gasteiger partial charge in [-0.1, -0.05) is 32.4 Å². The van der Waals surface area contributed by atoms with Crippen molar-refractivity contribution in [2.24, 2.45) is 0 Å². The zero-order valence-electron chi connectivity index (χ0n) is 22.2. The van der Waals surface area contributed by atoms with Gasteiger partial charge in [0.15, 0.2) is 12.2 Å². The zero-order chi connectivity index (χ0) is 28.8. The number of ether oxygens (including phenoxy) is 6. The molecule has 2 atom stereocenters. The lowest BCUT2D eigenvalue weighted by atomic mass is 10.3. The molecule has 1 aromatic rings. The second-order valence-corrected chi connectivity index (χ2v) is 8.47. The summed E-state index contributed by atoms with van der Waals surface area (Å²) in [6.45, 7) is 19.3. The summed E-state index contributed by atoms with van der Waals surface area (Å²) in [5.74, 6) is -1.88. The van der Waals surface area contributed by atoms with Crippen LogP contribution >= 0.6 is 0 Å². The predicted octanol–water partition coefficient (Wildman–Crippen LogP) is 3.66. The van der Waals surface area contributed by atoms with E-state index in [0.717, 1.165) is 0 Å². The van der Waals surface area contributed by atoms with Crippen molar-refractivity contribution in [1.29, 1.82) is 0 Å². The molecule has 0 aliphatic carbocycles. The zero-order valence-corrected chi connectivity index (χ0v) is 22.2. The normalized spacial score (nSPS) is 11.7. The van der Waals surface area contributed by atoms with Gasteiger partial charge in [-0.15, -0.1) is 0 Å². The highest BCUT2D eigenvalue weighted by atomic mass is 16.6. The van der Waals surface area contributed by atoms with Crippen LogP contribution in [0.25, 0.3) is 0 Å². The Balaban J connectivity index is 2.84. The third-order valence-electron chi connectivity index (χ3n) is 4.42. The molecule has 0 bridgehead atoms. The molecule has 206 valence electrons. The number of esters is 4. The SMILES string of the molecule is C=C(C)C(=O)OCC(COc1cccc(OCC(COC(=O)C(=C)C)OC(=O)C(=C)C)c1)OC(=O)C(=C)C. The van der Waals surface area contributed by atoms with Crippen LogP contribution in [0.15, 0.2) is 72.9 Å². The first-order chi connectivity index (χ1) is 17.8. The van der Waals surface area contributed by atoms with Gasteiger partial charge in [0, 0.05) is 28.4 Å². The molecule has 0 aliphatic heterocycles. The van der Waals surface area contributed by atoms with Gasteiger partial charge in [0.25, 0.3) is 0 Å². The number of hydrogen-bond acceptors (Lipinski definition) is 10. The van der Waals surface area contributed by atoms with Crippen LogP contribution in [-0.4, -0.2) is 62.5 Å². The van der Waals surface area contributed by atoms with Gasteiger partial charge in [-0.2, -0.15) is 0 Å². The highest BCUT2D eigenvalue weighted by Crippen LogP contribution is 2.20. The second-order valence-electron chi connectivity index (χ2n) is 8.47. The smallest absolute Gasteiger partial charge is 0.333 e. The van der Waals surface area contributed by atoms with Crippen LogP contribution < -0.4 is 9.47 Å². The molecule has 0 spiro atoms. The van der Waals surface area contributed by atoms with Gasteiger partial charge in [0.1, 0.15) is 37.9 Å². The monoisotopic (exact) mass is 530 g/mol. The number of carbonyl (C=O) groups excluding carboxylic acids is 4. The summed E-state index contributed by atoms with van der Waals surface area (Å²) in [7, 11) is 0. The largest absolute Gasteiger partial charge is 0.489 e. The maximum atomic E-state index is 12.0. The lowest BCUT2D eigenvalue weighted by molar-refractivity contribution is -0.155. The Hall–Kier alpha value is -4.34. The van der Waals surface area contributed by atoms with Crippen molar-refractivity contribution in [2.75, 3.05) is 26.4 Å². The van der Waals surface area contributed by atoms with Crippen molar-refractivity contribution in [3.63, 3.8) is 0 Å². The fourth-order valence-electron chi connectivity index (χ4n) is 2.35. The Kier molecular flexibility index (Phi) is 13.1. The van der Waals surface area contributed by atoms with Crippen LogP contribution in [0, 0.1) is 0 Å². The molecule has 0 saturated heterocycles. The van der Waals surface area contributed by atoms with Crippen LogP contribution in [0.5, 0.6) is 11.5 Å². The van der Waals surface area contributed by atoms with Crippen LogP contribution in [-0.2, 0) is 38.1 Å². The van der Waals surface area contributed by atoms with E-state index in [1.165, 1.54) is 27.7 Å². The summed E-state index contributed by atoms with van der Waals surface area (Å²) in [5, 5.41) is 0. The van der Waals surface area contributed by atoms with Crippen molar-refractivity contribution in [2.45, 2.75) is 39.9 Å². The standard InChI is InChI=1S/C28H34O10/c1-17(2)25(29)35-15-23(37-27(31)19(5)6)13-33-21-10-9-11-22(12-21)34-14-24(38-28(32)20(7)8)16-36-26(30)18(3)4/h9-12,23-24H,1,3,5,7,13-16H2,2,4,6,8H3.